The molecular formula is C11H14F3N3O2S. The SMILES string of the molecule is O=C(CNC(=O)NCCc1cccs1)NCC(F)(F)F. The molecule has 0 aliphatic rings. The maximum absolute atomic E-state index is 11.8. The van der Waals surface area contributed by atoms with Gasteiger partial charge in [-0.25, -0.2) is 4.79 Å². The van der Waals surface area contributed by atoms with Gasteiger partial charge in [0.2, 0.25) is 5.91 Å². The number of amides is 3. The van der Waals surface area contributed by atoms with Gasteiger partial charge in [-0.1, -0.05) is 6.07 Å². The molecule has 0 aliphatic heterocycles. The fraction of sp³-hybridized carbons (Fsp3) is 0.455. The number of alkyl halides is 3. The lowest BCUT2D eigenvalue weighted by molar-refractivity contribution is -0.137. The largest absolute Gasteiger partial charge is 0.405 e. The van der Waals surface area contributed by atoms with Gasteiger partial charge in [0.15, 0.2) is 0 Å². The molecule has 1 aromatic heterocycles. The number of hydrogen-bond acceptors (Lipinski definition) is 3. The summed E-state index contributed by atoms with van der Waals surface area (Å²) >= 11 is 1.56. The molecule has 0 spiro atoms. The molecular weight excluding hydrogens is 295 g/mol. The molecule has 112 valence electrons. The molecule has 0 fully saturated rings. The van der Waals surface area contributed by atoms with Crippen LogP contribution in [0.3, 0.4) is 0 Å². The van der Waals surface area contributed by atoms with Gasteiger partial charge in [-0.3, -0.25) is 4.79 Å². The Morgan fingerprint density at radius 3 is 2.55 bits per heavy atom. The van der Waals surface area contributed by atoms with Gasteiger partial charge in [0.25, 0.3) is 0 Å². The standard InChI is InChI=1S/C11H14F3N3O2S/c12-11(13,14)7-17-9(18)6-16-10(19)15-4-3-8-2-1-5-20-8/h1-2,5H,3-4,6-7H2,(H,17,18)(H2,15,16,19). The van der Waals surface area contributed by atoms with Crippen molar-refractivity contribution in [3.05, 3.63) is 22.4 Å². The summed E-state index contributed by atoms with van der Waals surface area (Å²) in [5.41, 5.74) is 0. The highest BCUT2D eigenvalue weighted by atomic mass is 32.1. The summed E-state index contributed by atoms with van der Waals surface area (Å²) < 4.78 is 35.4. The maximum Gasteiger partial charge on any atom is 0.405 e. The lowest BCUT2D eigenvalue weighted by Gasteiger charge is -2.09. The molecule has 0 unspecified atom stereocenters. The Balaban J connectivity index is 2.09. The van der Waals surface area contributed by atoms with Crippen LogP contribution < -0.4 is 16.0 Å². The summed E-state index contributed by atoms with van der Waals surface area (Å²) in [4.78, 5) is 23.4. The van der Waals surface area contributed by atoms with Crippen molar-refractivity contribution < 1.29 is 22.8 Å². The molecule has 0 atom stereocenters. The number of hydrogen-bond donors (Lipinski definition) is 3. The Morgan fingerprint density at radius 2 is 1.95 bits per heavy atom. The second kappa shape index (κ2) is 7.73. The molecule has 20 heavy (non-hydrogen) atoms. The van der Waals surface area contributed by atoms with Gasteiger partial charge in [0.1, 0.15) is 6.54 Å². The Bertz CT molecular complexity index is 435. The summed E-state index contributed by atoms with van der Waals surface area (Å²) in [6.07, 6.45) is -3.80. The van der Waals surface area contributed by atoms with Crippen LogP contribution in [-0.4, -0.2) is 37.7 Å². The fourth-order valence-corrected chi connectivity index (χ4v) is 1.95. The number of carbonyl (C=O) groups is 2. The Labute approximate surface area is 117 Å². The molecule has 0 radical (unpaired) electrons. The Hall–Kier alpha value is -1.77. The van der Waals surface area contributed by atoms with Crippen LogP contribution in [0.1, 0.15) is 4.88 Å². The van der Waals surface area contributed by atoms with E-state index in [0.29, 0.717) is 13.0 Å². The van der Waals surface area contributed by atoms with E-state index in [9.17, 15) is 22.8 Å². The summed E-state index contributed by atoms with van der Waals surface area (Å²) in [7, 11) is 0. The first kappa shape index (κ1) is 16.3. The third-order valence-corrected chi connectivity index (χ3v) is 3.07. The van der Waals surface area contributed by atoms with E-state index in [4.69, 9.17) is 0 Å². The lowest BCUT2D eigenvalue weighted by Crippen LogP contribution is -2.44. The monoisotopic (exact) mass is 309 g/mol. The molecule has 0 aliphatic carbocycles. The van der Waals surface area contributed by atoms with Gasteiger partial charge in [0, 0.05) is 11.4 Å². The quantitative estimate of drug-likeness (QED) is 0.740. The van der Waals surface area contributed by atoms with Crippen LogP contribution in [0.25, 0.3) is 0 Å². The minimum atomic E-state index is -4.46. The smallest absolute Gasteiger partial charge is 0.345 e. The highest BCUT2D eigenvalue weighted by Gasteiger charge is 2.27. The van der Waals surface area contributed by atoms with E-state index in [0.717, 1.165) is 4.88 Å². The number of rotatable bonds is 6. The van der Waals surface area contributed by atoms with E-state index in [1.807, 2.05) is 17.5 Å². The van der Waals surface area contributed by atoms with Crippen LogP contribution in [0.2, 0.25) is 0 Å². The molecule has 0 saturated carbocycles. The second-order valence-corrected chi connectivity index (χ2v) is 4.86. The van der Waals surface area contributed by atoms with Crippen molar-refractivity contribution in [2.45, 2.75) is 12.6 Å². The van der Waals surface area contributed by atoms with Crippen molar-refractivity contribution >= 4 is 23.3 Å². The lowest BCUT2D eigenvalue weighted by atomic mass is 10.3. The average molecular weight is 309 g/mol. The summed E-state index contributed by atoms with van der Waals surface area (Å²) in [5.74, 6) is -0.893. The summed E-state index contributed by atoms with van der Waals surface area (Å²) in [6.45, 7) is -1.52. The van der Waals surface area contributed by atoms with Crippen LogP contribution in [0.15, 0.2) is 17.5 Å². The van der Waals surface area contributed by atoms with Crippen LogP contribution >= 0.6 is 11.3 Å². The van der Waals surface area contributed by atoms with Crippen LogP contribution in [-0.2, 0) is 11.2 Å². The molecule has 0 aromatic carbocycles. The summed E-state index contributed by atoms with van der Waals surface area (Å²) in [6, 6.07) is 3.23. The predicted molar refractivity (Wildman–Crippen MR) is 68.5 cm³/mol. The molecule has 3 N–H and O–H groups in total. The zero-order chi connectivity index (χ0) is 15.0. The highest BCUT2D eigenvalue weighted by Crippen LogP contribution is 2.11. The van der Waals surface area contributed by atoms with E-state index in [-0.39, 0.29) is 0 Å². The zero-order valence-electron chi connectivity index (χ0n) is 10.4. The number of thiophene rings is 1. The van der Waals surface area contributed by atoms with E-state index < -0.39 is 31.2 Å². The molecule has 0 bridgehead atoms. The van der Waals surface area contributed by atoms with Gasteiger partial charge < -0.3 is 16.0 Å². The molecule has 1 rings (SSSR count). The van der Waals surface area contributed by atoms with Gasteiger partial charge in [-0.2, -0.15) is 13.2 Å². The van der Waals surface area contributed by atoms with E-state index >= 15 is 0 Å². The van der Waals surface area contributed by atoms with E-state index in [1.165, 1.54) is 0 Å². The highest BCUT2D eigenvalue weighted by molar-refractivity contribution is 7.09. The first-order valence-corrected chi connectivity index (χ1v) is 6.62. The first-order valence-electron chi connectivity index (χ1n) is 5.74. The minimum Gasteiger partial charge on any atom is -0.345 e. The third kappa shape index (κ3) is 7.62. The predicted octanol–water partition coefficient (Wildman–Crippen LogP) is 1.27. The van der Waals surface area contributed by atoms with Crippen LogP contribution in [0.5, 0.6) is 0 Å². The molecule has 1 heterocycles. The van der Waals surface area contributed by atoms with Crippen molar-refractivity contribution in [1.29, 1.82) is 0 Å². The number of carbonyl (C=O) groups excluding carboxylic acids is 2. The van der Waals surface area contributed by atoms with Gasteiger partial charge in [-0.05, 0) is 17.9 Å². The number of urea groups is 1. The van der Waals surface area contributed by atoms with Crippen LogP contribution in [0, 0.1) is 0 Å². The van der Waals surface area contributed by atoms with Crippen LogP contribution in [0.4, 0.5) is 18.0 Å². The van der Waals surface area contributed by atoms with E-state index in [2.05, 4.69) is 10.6 Å². The van der Waals surface area contributed by atoms with Crippen molar-refractivity contribution in [1.82, 2.24) is 16.0 Å². The first-order chi connectivity index (χ1) is 9.37. The fourth-order valence-electron chi connectivity index (χ4n) is 1.24. The Morgan fingerprint density at radius 1 is 1.20 bits per heavy atom. The topological polar surface area (TPSA) is 70.2 Å². The molecule has 3 amide bonds. The van der Waals surface area contributed by atoms with Gasteiger partial charge in [0.05, 0.1) is 6.54 Å². The molecule has 1 aromatic rings. The van der Waals surface area contributed by atoms with Crippen molar-refractivity contribution in [3.63, 3.8) is 0 Å². The van der Waals surface area contributed by atoms with Gasteiger partial charge >= 0.3 is 12.2 Å². The van der Waals surface area contributed by atoms with E-state index in [1.54, 1.807) is 16.7 Å². The number of halogens is 3. The molecule has 9 heteroatoms. The van der Waals surface area contributed by atoms with Gasteiger partial charge in [-0.15, -0.1) is 11.3 Å². The van der Waals surface area contributed by atoms with Crippen molar-refractivity contribution in [3.8, 4) is 0 Å². The minimum absolute atomic E-state index is 0.385. The maximum atomic E-state index is 11.8. The molecule has 5 nitrogen and oxygen atoms in total. The second-order valence-electron chi connectivity index (χ2n) is 3.83. The average Bonchev–Trinajstić information content (AvgIpc) is 2.86. The third-order valence-electron chi connectivity index (χ3n) is 2.13. The normalized spacial score (nSPS) is 10.9. The summed E-state index contributed by atoms with van der Waals surface area (Å²) in [5, 5.41) is 8.24. The Kier molecular flexibility index (Phi) is 6.29. The van der Waals surface area contributed by atoms with Crippen molar-refractivity contribution in [2.75, 3.05) is 19.6 Å². The zero-order valence-corrected chi connectivity index (χ0v) is 11.2. The number of nitrogens with one attached hydrogen (secondary N) is 3. The van der Waals surface area contributed by atoms with Crippen molar-refractivity contribution in [2.24, 2.45) is 0 Å². The molecule has 0 saturated heterocycles.